The number of esters is 2. The Hall–Kier alpha value is -4.46. The fourth-order valence-electron chi connectivity index (χ4n) is 6.92. The van der Waals surface area contributed by atoms with Crippen molar-refractivity contribution in [1.29, 1.82) is 0 Å². The fraction of sp³-hybridized carbons (Fsp3) is 0.488. The number of carbonyl (C=O) groups excluding carboxylic acids is 2. The van der Waals surface area contributed by atoms with Crippen LogP contribution in [-0.2, 0) is 28.5 Å². The molecule has 0 amide bonds. The molecule has 2 aliphatic rings. The second-order valence-electron chi connectivity index (χ2n) is 13.9. The minimum absolute atomic E-state index is 0.158. The summed E-state index contributed by atoms with van der Waals surface area (Å²) in [5.74, 6) is 3.88. The molecular weight excluding hydrogens is 644 g/mol. The normalized spacial score (nSPS) is 21.2. The average molecular weight is 701 g/mol. The van der Waals surface area contributed by atoms with Crippen molar-refractivity contribution in [3.8, 4) is 11.5 Å². The van der Waals surface area contributed by atoms with E-state index in [1.54, 1.807) is 0 Å². The highest BCUT2D eigenvalue weighted by Crippen LogP contribution is 2.40. The highest BCUT2D eigenvalue weighted by atomic mass is 16.6. The summed E-state index contributed by atoms with van der Waals surface area (Å²) in [6.45, 7) is 15.6. The number of para-hydroxylation sites is 2. The molecule has 0 bridgehead atoms. The lowest BCUT2D eigenvalue weighted by molar-refractivity contribution is -0.155. The zero-order chi connectivity index (χ0) is 36.3. The summed E-state index contributed by atoms with van der Waals surface area (Å²) in [7, 11) is 0. The lowest BCUT2D eigenvalue weighted by atomic mass is 9.72. The van der Waals surface area contributed by atoms with E-state index in [9.17, 15) is 9.59 Å². The van der Waals surface area contributed by atoms with Crippen molar-refractivity contribution in [2.75, 3.05) is 26.4 Å². The first-order chi connectivity index (χ1) is 24.8. The maximum Gasteiger partial charge on any atom is 0.306 e. The van der Waals surface area contributed by atoms with Crippen LogP contribution in [0.3, 0.4) is 0 Å². The Labute approximate surface area is 304 Å². The third-order valence-electron chi connectivity index (χ3n) is 9.83. The summed E-state index contributed by atoms with van der Waals surface area (Å²) >= 11 is 0. The summed E-state index contributed by atoms with van der Waals surface area (Å²) in [4.78, 5) is 25.9. The van der Waals surface area contributed by atoms with Gasteiger partial charge in [0.25, 0.3) is 0 Å². The summed E-state index contributed by atoms with van der Waals surface area (Å²) < 4.78 is 34.5. The van der Waals surface area contributed by atoms with E-state index < -0.39 is 12.2 Å². The smallest absolute Gasteiger partial charge is 0.306 e. The summed E-state index contributed by atoms with van der Waals surface area (Å²) in [6.07, 6.45) is 12.7. The van der Waals surface area contributed by atoms with Gasteiger partial charge in [-0.15, -0.1) is 0 Å². The Bertz CT molecular complexity index is 1270. The van der Waals surface area contributed by atoms with Crippen LogP contribution in [0.1, 0.15) is 70.6 Å². The van der Waals surface area contributed by atoms with E-state index in [4.69, 9.17) is 28.4 Å². The maximum absolute atomic E-state index is 12.9. The average Bonchev–Trinajstić information content (AvgIpc) is 3.15. The molecule has 0 spiro atoms. The first kappa shape index (κ1) is 39.3. The molecule has 0 heterocycles. The van der Waals surface area contributed by atoms with Gasteiger partial charge < -0.3 is 28.4 Å². The lowest BCUT2D eigenvalue weighted by Gasteiger charge is -2.34. The van der Waals surface area contributed by atoms with Gasteiger partial charge in [-0.25, -0.2) is 0 Å². The predicted octanol–water partition coefficient (Wildman–Crippen LogP) is 9.18. The number of allylic oxidation sites excluding steroid dienone is 2. The van der Waals surface area contributed by atoms with Gasteiger partial charge in [0, 0.05) is 12.8 Å². The van der Waals surface area contributed by atoms with Crippen molar-refractivity contribution in [2.24, 2.45) is 23.7 Å². The monoisotopic (exact) mass is 700 g/mol. The molecule has 0 radical (unpaired) electrons. The molecule has 4 rings (SSSR count). The van der Waals surface area contributed by atoms with Crippen LogP contribution < -0.4 is 9.47 Å². The molecule has 8 nitrogen and oxygen atoms in total. The Balaban J connectivity index is 1.13. The van der Waals surface area contributed by atoms with Gasteiger partial charge in [0.05, 0.1) is 0 Å². The van der Waals surface area contributed by atoms with Gasteiger partial charge in [0.15, 0.2) is 12.2 Å². The van der Waals surface area contributed by atoms with Crippen molar-refractivity contribution < 1.29 is 38.0 Å². The van der Waals surface area contributed by atoms with Gasteiger partial charge >= 0.3 is 11.9 Å². The molecule has 51 heavy (non-hydrogen) atoms. The lowest BCUT2D eigenvalue weighted by Crippen LogP contribution is -2.31. The molecule has 2 aromatic rings. The molecule has 2 atom stereocenters. The van der Waals surface area contributed by atoms with Crippen LogP contribution in [0.15, 0.2) is 111 Å². The summed E-state index contributed by atoms with van der Waals surface area (Å²) in [5, 5.41) is 0. The van der Waals surface area contributed by atoms with Gasteiger partial charge in [0.1, 0.15) is 49.4 Å². The van der Waals surface area contributed by atoms with Crippen LogP contribution >= 0.6 is 0 Å². The highest BCUT2D eigenvalue weighted by molar-refractivity contribution is 5.70. The molecule has 2 saturated carbocycles. The minimum Gasteiger partial charge on any atom is -0.490 e. The third-order valence-corrected chi connectivity index (χ3v) is 9.83. The van der Waals surface area contributed by atoms with E-state index in [-0.39, 0.29) is 38.4 Å². The van der Waals surface area contributed by atoms with E-state index in [1.165, 1.54) is 18.6 Å². The number of hydrogen-bond acceptors (Lipinski definition) is 8. The second kappa shape index (κ2) is 21.7. The van der Waals surface area contributed by atoms with Crippen molar-refractivity contribution in [3.05, 3.63) is 111 Å². The van der Waals surface area contributed by atoms with Crippen molar-refractivity contribution in [3.63, 3.8) is 0 Å². The number of benzene rings is 2. The van der Waals surface area contributed by atoms with Crippen LogP contribution in [0.4, 0.5) is 0 Å². The summed E-state index contributed by atoms with van der Waals surface area (Å²) in [6, 6.07) is 18.9. The number of carbonyl (C=O) groups is 2. The van der Waals surface area contributed by atoms with Crippen LogP contribution in [-0.4, -0.2) is 50.6 Å². The standard InChI is InChI=1S/C43H56O8/c1-5-32(3)46-28-40(30-48-38-13-9-7-10-14-38)50-42(44)26-36-21-17-34(18-22-36)25-35-19-23-37(24-20-35)27-43(45)51-41(29-47-33(4)6-2)31-49-39-15-11-8-12-16-39/h5-16,34-37,40-41H,1-4,17-31H2. The van der Waals surface area contributed by atoms with Crippen LogP contribution in [0.5, 0.6) is 11.5 Å². The zero-order valence-electron chi connectivity index (χ0n) is 30.1. The quantitative estimate of drug-likeness (QED) is 0.0683. The number of ether oxygens (including phenoxy) is 6. The molecule has 0 saturated heterocycles. The maximum atomic E-state index is 12.9. The molecule has 2 aromatic carbocycles. The Kier molecular flexibility index (Phi) is 16.7. The summed E-state index contributed by atoms with van der Waals surface area (Å²) in [5.41, 5.74) is 0. The van der Waals surface area contributed by atoms with E-state index in [0.717, 1.165) is 51.4 Å². The first-order valence-corrected chi connectivity index (χ1v) is 18.4. The van der Waals surface area contributed by atoms with Crippen molar-refractivity contribution >= 4 is 11.9 Å². The highest BCUT2D eigenvalue weighted by Gasteiger charge is 2.30. The zero-order valence-corrected chi connectivity index (χ0v) is 30.1. The van der Waals surface area contributed by atoms with Crippen LogP contribution in [0.2, 0.25) is 0 Å². The van der Waals surface area contributed by atoms with Crippen LogP contribution in [0, 0.1) is 23.7 Å². The first-order valence-electron chi connectivity index (χ1n) is 18.4. The Morgan fingerprint density at radius 3 is 1.27 bits per heavy atom. The molecule has 0 N–H and O–H groups in total. The number of rotatable bonds is 22. The molecule has 8 heteroatoms. The van der Waals surface area contributed by atoms with Crippen LogP contribution in [0.25, 0.3) is 0 Å². The SMILES string of the molecule is C=CC(=C)OCC(COc1ccccc1)OC(=O)CC1CCC(CC2CCC(CC(=O)OC(COC(=C)C=C)COc3ccccc3)CC2)CC1. The molecule has 0 aromatic heterocycles. The van der Waals surface area contributed by atoms with E-state index in [1.807, 2.05) is 60.7 Å². The topological polar surface area (TPSA) is 89.5 Å². The Morgan fingerprint density at radius 2 is 0.922 bits per heavy atom. The molecule has 276 valence electrons. The predicted molar refractivity (Wildman–Crippen MR) is 199 cm³/mol. The van der Waals surface area contributed by atoms with Gasteiger partial charge in [0.2, 0.25) is 0 Å². The van der Waals surface area contributed by atoms with Gasteiger partial charge in [-0.1, -0.05) is 88.4 Å². The third kappa shape index (κ3) is 15.1. The molecule has 2 aliphatic carbocycles. The van der Waals surface area contributed by atoms with Gasteiger partial charge in [-0.2, -0.15) is 0 Å². The van der Waals surface area contributed by atoms with E-state index in [0.29, 0.717) is 59.5 Å². The molecule has 2 unspecified atom stereocenters. The molecule has 0 aliphatic heterocycles. The van der Waals surface area contributed by atoms with E-state index in [2.05, 4.69) is 26.3 Å². The fourth-order valence-corrected chi connectivity index (χ4v) is 6.92. The van der Waals surface area contributed by atoms with Crippen molar-refractivity contribution in [2.45, 2.75) is 82.8 Å². The van der Waals surface area contributed by atoms with E-state index >= 15 is 0 Å². The van der Waals surface area contributed by atoms with Crippen molar-refractivity contribution in [1.82, 2.24) is 0 Å². The largest absolute Gasteiger partial charge is 0.490 e. The minimum atomic E-state index is -0.547. The molecule has 2 fully saturated rings. The number of hydrogen-bond donors (Lipinski definition) is 0. The van der Waals surface area contributed by atoms with Gasteiger partial charge in [-0.05, 0) is 92.2 Å². The second-order valence-corrected chi connectivity index (χ2v) is 13.9. The van der Waals surface area contributed by atoms with Gasteiger partial charge in [-0.3, -0.25) is 9.59 Å². The molecular formula is C43H56O8. The Morgan fingerprint density at radius 1 is 0.569 bits per heavy atom.